The van der Waals surface area contributed by atoms with Crippen molar-refractivity contribution in [2.45, 2.75) is 42.9 Å². The molecule has 26 heavy (non-hydrogen) atoms. The molecular weight excluding hydrogens is 352 g/mol. The summed E-state index contributed by atoms with van der Waals surface area (Å²) in [6.45, 7) is 0. The first kappa shape index (κ1) is 18.3. The lowest BCUT2D eigenvalue weighted by Gasteiger charge is -2.21. The zero-order valence-corrected chi connectivity index (χ0v) is 15.3. The molecule has 0 spiro atoms. The van der Waals surface area contributed by atoms with Gasteiger partial charge in [-0.2, -0.15) is 5.26 Å². The first-order valence-electron chi connectivity index (χ1n) is 8.43. The van der Waals surface area contributed by atoms with E-state index in [-0.39, 0.29) is 11.7 Å². The minimum Gasteiger partial charge on any atom is -0.497 e. The van der Waals surface area contributed by atoms with Crippen molar-refractivity contribution in [2.24, 2.45) is 0 Å². The lowest BCUT2D eigenvalue weighted by Crippen LogP contribution is -2.45. The van der Waals surface area contributed by atoms with Crippen LogP contribution in [0, 0.1) is 11.3 Å². The van der Waals surface area contributed by atoms with E-state index >= 15 is 0 Å². The predicted molar refractivity (Wildman–Crippen MR) is 95.8 cm³/mol. The fourth-order valence-electron chi connectivity index (χ4n) is 2.96. The molecule has 0 radical (unpaired) electrons. The molecule has 8 heteroatoms. The summed E-state index contributed by atoms with van der Waals surface area (Å²) < 4.78 is 10.7. The van der Waals surface area contributed by atoms with E-state index in [1.807, 2.05) is 24.3 Å². The quantitative estimate of drug-likeness (QED) is 0.746. The molecule has 1 aliphatic rings. The largest absolute Gasteiger partial charge is 0.497 e. The van der Waals surface area contributed by atoms with Gasteiger partial charge >= 0.3 is 0 Å². The molecule has 3 rings (SSSR count). The Labute approximate surface area is 156 Å². The van der Waals surface area contributed by atoms with Gasteiger partial charge in [-0.15, -0.1) is 10.2 Å². The lowest BCUT2D eigenvalue weighted by molar-refractivity contribution is -0.119. The summed E-state index contributed by atoms with van der Waals surface area (Å²) >= 11 is 1.18. The number of nitrogens with one attached hydrogen (secondary N) is 1. The number of aromatic nitrogens is 2. The third-order valence-electron chi connectivity index (χ3n) is 4.34. The molecule has 1 saturated carbocycles. The topological polar surface area (TPSA) is 101 Å². The molecule has 7 nitrogen and oxygen atoms in total. The molecule has 1 heterocycles. The SMILES string of the molecule is COc1ccc(Cc2nnc(SCC(=O)NC3(C#N)CCCC3)o2)cc1. The molecule has 0 aliphatic heterocycles. The molecule has 0 bridgehead atoms. The molecule has 1 aromatic heterocycles. The highest BCUT2D eigenvalue weighted by Gasteiger charge is 2.35. The van der Waals surface area contributed by atoms with E-state index < -0.39 is 5.54 Å². The first-order chi connectivity index (χ1) is 12.6. The fraction of sp³-hybridized carbons (Fsp3) is 0.444. The van der Waals surface area contributed by atoms with E-state index in [2.05, 4.69) is 21.6 Å². The second-order valence-electron chi connectivity index (χ2n) is 6.22. The van der Waals surface area contributed by atoms with Crippen LogP contribution in [0.2, 0.25) is 0 Å². The Balaban J connectivity index is 1.50. The summed E-state index contributed by atoms with van der Waals surface area (Å²) in [5.41, 5.74) is 0.326. The van der Waals surface area contributed by atoms with Crippen molar-refractivity contribution in [3.8, 4) is 11.8 Å². The molecule has 2 aromatic rings. The molecule has 1 aliphatic carbocycles. The number of thioether (sulfide) groups is 1. The second-order valence-corrected chi connectivity index (χ2v) is 7.15. The van der Waals surface area contributed by atoms with Gasteiger partial charge in [0, 0.05) is 0 Å². The Hall–Kier alpha value is -2.53. The van der Waals surface area contributed by atoms with Crippen LogP contribution in [-0.4, -0.2) is 34.5 Å². The van der Waals surface area contributed by atoms with Gasteiger partial charge < -0.3 is 14.5 Å². The number of hydrogen-bond acceptors (Lipinski definition) is 7. The Morgan fingerprint density at radius 1 is 1.35 bits per heavy atom. The van der Waals surface area contributed by atoms with Gasteiger partial charge in [0.25, 0.3) is 5.22 Å². The zero-order chi connectivity index (χ0) is 18.4. The van der Waals surface area contributed by atoms with Gasteiger partial charge in [0.2, 0.25) is 11.8 Å². The maximum atomic E-state index is 12.1. The molecular formula is C18H20N4O3S. The van der Waals surface area contributed by atoms with Crippen LogP contribution in [0.1, 0.15) is 37.1 Å². The van der Waals surface area contributed by atoms with Crippen molar-refractivity contribution >= 4 is 17.7 Å². The Morgan fingerprint density at radius 2 is 2.08 bits per heavy atom. The van der Waals surface area contributed by atoms with Crippen LogP contribution >= 0.6 is 11.8 Å². The van der Waals surface area contributed by atoms with Gasteiger partial charge in [0.1, 0.15) is 11.3 Å². The third-order valence-corrected chi connectivity index (χ3v) is 5.16. The minimum atomic E-state index is -0.702. The summed E-state index contributed by atoms with van der Waals surface area (Å²) in [6, 6.07) is 9.87. The van der Waals surface area contributed by atoms with Crippen molar-refractivity contribution in [2.75, 3.05) is 12.9 Å². The predicted octanol–water partition coefficient (Wildman–Crippen LogP) is 2.71. The fourth-order valence-corrected chi connectivity index (χ4v) is 3.54. The molecule has 1 N–H and O–H groups in total. The highest BCUT2D eigenvalue weighted by atomic mass is 32.2. The number of rotatable bonds is 7. The van der Waals surface area contributed by atoms with Crippen LogP contribution in [0.15, 0.2) is 33.9 Å². The number of amides is 1. The van der Waals surface area contributed by atoms with Crippen LogP contribution in [-0.2, 0) is 11.2 Å². The average Bonchev–Trinajstić information content (AvgIpc) is 3.31. The van der Waals surface area contributed by atoms with Gasteiger partial charge in [-0.05, 0) is 43.4 Å². The van der Waals surface area contributed by atoms with Crippen LogP contribution < -0.4 is 10.1 Å². The standard InChI is InChI=1S/C18H20N4O3S/c1-24-14-6-4-13(5-7-14)10-16-21-22-17(25-16)26-11-15(23)20-18(12-19)8-2-3-9-18/h4-7H,2-3,8-11H2,1H3,(H,20,23). The third kappa shape index (κ3) is 4.55. The number of carbonyl (C=O) groups is 1. The normalized spacial score (nSPS) is 15.4. The summed E-state index contributed by atoms with van der Waals surface area (Å²) in [7, 11) is 1.62. The van der Waals surface area contributed by atoms with Gasteiger partial charge in [0.15, 0.2) is 0 Å². The zero-order valence-electron chi connectivity index (χ0n) is 14.5. The molecule has 1 fully saturated rings. The maximum absolute atomic E-state index is 12.1. The van der Waals surface area contributed by atoms with Crippen molar-refractivity contribution in [1.82, 2.24) is 15.5 Å². The lowest BCUT2D eigenvalue weighted by atomic mass is 10.0. The Morgan fingerprint density at radius 3 is 2.73 bits per heavy atom. The van der Waals surface area contributed by atoms with E-state index in [1.165, 1.54) is 11.8 Å². The van der Waals surface area contributed by atoms with Gasteiger partial charge in [-0.3, -0.25) is 4.79 Å². The summed E-state index contributed by atoms with van der Waals surface area (Å²) in [4.78, 5) is 12.1. The molecule has 1 amide bonds. The highest BCUT2D eigenvalue weighted by molar-refractivity contribution is 7.99. The number of carbonyl (C=O) groups excluding carboxylic acids is 1. The summed E-state index contributed by atoms with van der Waals surface area (Å²) in [6.07, 6.45) is 3.89. The maximum Gasteiger partial charge on any atom is 0.277 e. The molecule has 136 valence electrons. The van der Waals surface area contributed by atoms with E-state index in [0.717, 1.165) is 24.2 Å². The number of ether oxygens (including phenoxy) is 1. The summed E-state index contributed by atoms with van der Waals surface area (Å²) in [5, 5.41) is 20.5. The summed E-state index contributed by atoms with van der Waals surface area (Å²) in [5.74, 6) is 1.24. The van der Waals surface area contributed by atoms with E-state index in [1.54, 1.807) is 7.11 Å². The smallest absolute Gasteiger partial charge is 0.277 e. The van der Waals surface area contributed by atoms with Crippen molar-refractivity contribution in [3.05, 3.63) is 35.7 Å². The van der Waals surface area contributed by atoms with Crippen molar-refractivity contribution in [1.29, 1.82) is 5.26 Å². The van der Waals surface area contributed by atoms with Crippen LogP contribution in [0.3, 0.4) is 0 Å². The van der Waals surface area contributed by atoms with Crippen molar-refractivity contribution < 1.29 is 13.9 Å². The first-order valence-corrected chi connectivity index (χ1v) is 9.41. The number of nitrogens with zero attached hydrogens (tertiary/aromatic N) is 3. The Bertz CT molecular complexity index is 792. The average molecular weight is 372 g/mol. The number of nitriles is 1. The van der Waals surface area contributed by atoms with Crippen LogP contribution in [0.4, 0.5) is 0 Å². The molecule has 0 unspecified atom stereocenters. The van der Waals surface area contributed by atoms with Gasteiger partial charge in [-0.1, -0.05) is 23.9 Å². The number of benzene rings is 1. The monoisotopic (exact) mass is 372 g/mol. The molecule has 1 aromatic carbocycles. The van der Waals surface area contributed by atoms with E-state index in [0.29, 0.717) is 30.4 Å². The van der Waals surface area contributed by atoms with E-state index in [4.69, 9.17) is 9.15 Å². The Kier molecular flexibility index (Phi) is 5.78. The molecule has 0 atom stereocenters. The van der Waals surface area contributed by atoms with Crippen LogP contribution in [0.25, 0.3) is 0 Å². The number of methoxy groups -OCH3 is 1. The van der Waals surface area contributed by atoms with Gasteiger partial charge in [0.05, 0.1) is 25.4 Å². The molecule has 0 saturated heterocycles. The van der Waals surface area contributed by atoms with Crippen molar-refractivity contribution in [3.63, 3.8) is 0 Å². The van der Waals surface area contributed by atoms with E-state index in [9.17, 15) is 10.1 Å². The number of hydrogen-bond donors (Lipinski definition) is 1. The minimum absolute atomic E-state index is 0.146. The van der Waals surface area contributed by atoms with Crippen LogP contribution in [0.5, 0.6) is 5.75 Å². The highest BCUT2D eigenvalue weighted by Crippen LogP contribution is 2.29. The van der Waals surface area contributed by atoms with Gasteiger partial charge in [-0.25, -0.2) is 0 Å². The second kappa shape index (κ2) is 8.23.